The van der Waals surface area contributed by atoms with Gasteiger partial charge in [-0.1, -0.05) is 17.7 Å². The van der Waals surface area contributed by atoms with E-state index < -0.39 is 21.5 Å². The highest BCUT2D eigenvalue weighted by molar-refractivity contribution is 7.91. The number of halogens is 3. The van der Waals surface area contributed by atoms with E-state index in [9.17, 15) is 17.2 Å². The molecule has 0 aliphatic heterocycles. The first-order valence-electron chi connectivity index (χ1n) is 6.14. The van der Waals surface area contributed by atoms with Crippen molar-refractivity contribution in [2.75, 3.05) is 0 Å². The number of nitrogens with zero attached hydrogens (tertiary/aromatic N) is 1. The van der Waals surface area contributed by atoms with Crippen LogP contribution in [0.5, 0.6) is 0 Å². The molecule has 1 aromatic heterocycles. The maximum atomic E-state index is 13.3. The molecule has 0 saturated heterocycles. The minimum absolute atomic E-state index is 0.0748. The fraction of sp³-hybridized carbons (Fsp3) is 0. The first-order valence-corrected chi connectivity index (χ1v) is 8.00. The van der Waals surface area contributed by atoms with Crippen LogP contribution in [0.25, 0.3) is 10.9 Å². The lowest BCUT2D eigenvalue weighted by Crippen LogP contribution is -2.04. The molecular formula is C15H8ClF2NO2S. The molecule has 0 atom stereocenters. The summed E-state index contributed by atoms with van der Waals surface area (Å²) in [5.41, 5.74) is 0.239. The summed E-state index contributed by atoms with van der Waals surface area (Å²) in [6.45, 7) is 0. The van der Waals surface area contributed by atoms with Crippen molar-refractivity contribution in [3.8, 4) is 0 Å². The maximum Gasteiger partial charge on any atom is 0.209 e. The van der Waals surface area contributed by atoms with E-state index in [1.54, 1.807) is 0 Å². The molecule has 0 spiro atoms. The highest BCUT2D eigenvalue weighted by Gasteiger charge is 2.23. The van der Waals surface area contributed by atoms with Crippen molar-refractivity contribution in [3.05, 3.63) is 65.3 Å². The van der Waals surface area contributed by atoms with Gasteiger partial charge in [-0.15, -0.1) is 0 Å². The molecule has 0 unspecified atom stereocenters. The molecule has 3 nitrogen and oxygen atoms in total. The number of hydrogen-bond donors (Lipinski definition) is 0. The molecule has 3 aromatic rings. The molecule has 0 bridgehead atoms. The van der Waals surface area contributed by atoms with Crippen LogP contribution in [0.3, 0.4) is 0 Å². The van der Waals surface area contributed by atoms with Crippen molar-refractivity contribution in [2.24, 2.45) is 0 Å². The van der Waals surface area contributed by atoms with Crippen LogP contribution in [0, 0.1) is 11.6 Å². The van der Waals surface area contributed by atoms with Crippen molar-refractivity contribution in [1.29, 1.82) is 0 Å². The van der Waals surface area contributed by atoms with Crippen LogP contribution in [0.4, 0.5) is 8.78 Å². The van der Waals surface area contributed by atoms with Gasteiger partial charge in [0.1, 0.15) is 16.5 Å². The molecule has 0 saturated carbocycles. The van der Waals surface area contributed by atoms with Crippen LogP contribution in [-0.4, -0.2) is 13.4 Å². The number of aromatic nitrogens is 1. The molecule has 0 amide bonds. The Kier molecular flexibility index (Phi) is 3.58. The molecule has 1 heterocycles. The van der Waals surface area contributed by atoms with Gasteiger partial charge in [0.15, 0.2) is 0 Å². The molecule has 3 rings (SSSR count). The molecule has 0 N–H and O–H groups in total. The van der Waals surface area contributed by atoms with Gasteiger partial charge in [-0.05, 0) is 30.3 Å². The standard InChI is InChI=1S/C15H8ClF2NO2S/c16-15-12-5-4-10(18)7-13(12)19-8-14(15)22(20,21)11-3-1-2-9(17)6-11/h1-8H. The van der Waals surface area contributed by atoms with Gasteiger partial charge in [0, 0.05) is 17.6 Å². The number of rotatable bonds is 2. The van der Waals surface area contributed by atoms with Gasteiger partial charge in [0.25, 0.3) is 0 Å². The summed E-state index contributed by atoms with van der Waals surface area (Å²) in [6, 6.07) is 8.27. The Balaban J connectivity index is 2.26. The van der Waals surface area contributed by atoms with Gasteiger partial charge in [-0.2, -0.15) is 0 Å². The van der Waals surface area contributed by atoms with E-state index in [0.29, 0.717) is 5.39 Å². The molecule has 7 heteroatoms. The van der Waals surface area contributed by atoms with Crippen molar-refractivity contribution in [1.82, 2.24) is 4.98 Å². The minimum atomic E-state index is -4.02. The number of sulfone groups is 1. The predicted octanol–water partition coefficient (Wildman–Crippen LogP) is 4.00. The fourth-order valence-electron chi connectivity index (χ4n) is 2.06. The zero-order valence-electron chi connectivity index (χ0n) is 10.9. The highest BCUT2D eigenvalue weighted by Crippen LogP contribution is 2.32. The monoisotopic (exact) mass is 339 g/mol. The van der Waals surface area contributed by atoms with E-state index in [0.717, 1.165) is 30.5 Å². The van der Waals surface area contributed by atoms with Gasteiger partial charge < -0.3 is 0 Å². The lowest BCUT2D eigenvalue weighted by molar-refractivity contribution is 0.590. The molecule has 0 fully saturated rings. The molecule has 2 aromatic carbocycles. The summed E-state index contributed by atoms with van der Waals surface area (Å²) in [5, 5.41) is 0.231. The Morgan fingerprint density at radius 1 is 1.00 bits per heavy atom. The highest BCUT2D eigenvalue weighted by atomic mass is 35.5. The summed E-state index contributed by atoms with van der Waals surface area (Å²) in [5.74, 6) is -1.18. The third-order valence-electron chi connectivity index (χ3n) is 3.13. The Bertz CT molecular complexity index is 990. The van der Waals surface area contributed by atoms with Gasteiger partial charge in [0.05, 0.1) is 15.4 Å². The zero-order chi connectivity index (χ0) is 15.9. The normalized spacial score (nSPS) is 11.8. The second-order valence-corrected chi connectivity index (χ2v) is 6.85. The summed E-state index contributed by atoms with van der Waals surface area (Å²) in [6.07, 6.45) is 1.05. The van der Waals surface area contributed by atoms with Crippen LogP contribution >= 0.6 is 11.6 Å². The molecular weight excluding hydrogens is 332 g/mol. The largest absolute Gasteiger partial charge is 0.255 e. The second-order valence-electron chi connectivity index (χ2n) is 4.56. The Labute approximate surface area is 130 Å². The Morgan fingerprint density at radius 2 is 1.73 bits per heavy atom. The van der Waals surface area contributed by atoms with Crippen molar-refractivity contribution in [2.45, 2.75) is 9.79 Å². The lowest BCUT2D eigenvalue weighted by Gasteiger charge is -2.09. The van der Waals surface area contributed by atoms with Crippen molar-refractivity contribution < 1.29 is 17.2 Å². The molecule has 0 radical (unpaired) electrons. The summed E-state index contributed by atoms with van der Waals surface area (Å²) in [7, 11) is -4.02. The van der Waals surface area contributed by atoms with Crippen molar-refractivity contribution >= 4 is 32.3 Å². The van der Waals surface area contributed by atoms with E-state index in [1.807, 2.05) is 0 Å². The van der Waals surface area contributed by atoms with Crippen molar-refractivity contribution in [3.63, 3.8) is 0 Å². The third kappa shape index (κ3) is 2.44. The predicted molar refractivity (Wildman–Crippen MR) is 78.6 cm³/mol. The molecule has 112 valence electrons. The zero-order valence-corrected chi connectivity index (χ0v) is 12.5. The average molecular weight is 340 g/mol. The first-order chi connectivity index (χ1) is 10.4. The van der Waals surface area contributed by atoms with Crippen LogP contribution < -0.4 is 0 Å². The van der Waals surface area contributed by atoms with Crippen LogP contribution in [0.15, 0.2) is 58.5 Å². The number of fused-ring (bicyclic) bond motifs is 1. The van der Waals surface area contributed by atoms with Gasteiger partial charge in [-0.25, -0.2) is 17.2 Å². The van der Waals surface area contributed by atoms with Gasteiger partial charge in [0.2, 0.25) is 9.84 Å². The lowest BCUT2D eigenvalue weighted by atomic mass is 10.2. The third-order valence-corrected chi connectivity index (χ3v) is 5.41. The van der Waals surface area contributed by atoms with E-state index in [-0.39, 0.29) is 20.3 Å². The molecule has 22 heavy (non-hydrogen) atoms. The summed E-state index contributed by atoms with van der Waals surface area (Å²) in [4.78, 5) is 3.44. The summed E-state index contributed by atoms with van der Waals surface area (Å²) < 4.78 is 51.5. The van der Waals surface area contributed by atoms with E-state index >= 15 is 0 Å². The number of hydrogen-bond acceptors (Lipinski definition) is 3. The number of pyridine rings is 1. The summed E-state index contributed by atoms with van der Waals surface area (Å²) >= 11 is 6.13. The first kappa shape index (κ1) is 14.9. The van der Waals surface area contributed by atoms with E-state index in [2.05, 4.69) is 4.98 Å². The fourth-order valence-corrected chi connectivity index (χ4v) is 3.89. The quantitative estimate of drug-likeness (QED) is 0.709. The van der Waals surface area contributed by atoms with Crippen LogP contribution in [-0.2, 0) is 9.84 Å². The number of benzene rings is 2. The Morgan fingerprint density at radius 3 is 2.45 bits per heavy atom. The van der Waals surface area contributed by atoms with Crippen LogP contribution in [0.2, 0.25) is 5.02 Å². The van der Waals surface area contributed by atoms with E-state index in [4.69, 9.17) is 11.6 Å². The average Bonchev–Trinajstić information content (AvgIpc) is 2.47. The van der Waals surface area contributed by atoms with Gasteiger partial charge >= 0.3 is 0 Å². The molecule has 0 aliphatic rings. The maximum absolute atomic E-state index is 13.3. The van der Waals surface area contributed by atoms with Gasteiger partial charge in [-0.3, -0.25) is 4.98 Å². The van der Waals surface area contributed by atoms with Crippen LogP contribution in [0.1, 0.15) is 0 Å². The smallest absolute Gasteiger partial charge is 0.209 e. The minimum Gasteiger partial charge on any atom is -0.255 e. The van der Waals surface area contributed by atoms with E-state index in [1.165, 1.54) is 18.2 Å². The Hall–Kier alpha value is -2.05. The second kappa shape index (κ2) is 5.30. The topological polar surface area (TPSA) is 47.0 Å². The molecule has 0 aliphatic carbocycles. The SMILES string of the molecule is O=S(=O)(c1cccc(F)c1)c1cnc2cc(F)ccc2c1Cl.